The van der Waals surface area contributed by atoms with Crippen molar-refractivity contribution in [1.82, 2.24) is 20.9 Å². The Hall–Kier alpha value is -1.34. The number of carbonyl (C=O) groups is 2. The molecule has 3 N–H and O–H groups in total. The number of fused-ring (bicyclic) bond motifs is 1. The van der Waals surface area contributed by atoms with Crippen LogP contribution < -0.4 is 16.0 Å². The summed E-state index contributed by atoms with van der Waals surface area (Å²) in [7, 11) is 1.82. The number of likely N-dealkylation sites (tertiary alicyclic amines) is 1. The first-order valence-corrected chi connectivity index (χ1v) is 14.5. The molecule has 0 aromatic carbocycles. The molecule has 4 saturated carbocycles. The molecule has 2 bridgehead atoms. The Labute approximate surface area is 212 Å². The number of hydrogen-bond acceptors (Lipinski definition) is 7. The number of piperidine rings is 1. The van der Waals surface area contributed by atoms with Gasteiger partial charge in [0.1, 0.15) is 5.50 Å². The van der Waals surface area contributed by atoms with Gasteiger partial charge in [0.05, 0.1) is 28.9 Å². The first kappa shape index (κ1) is 24.0. The van der Waals surface area contributed by atoms with Gasteiger partial charge in [0.2, 0.25) is 11.8 Å². The predicted molar refractivity (Wildman–Crippen MR) is 133 cm³/mol. The average Bonchev–Trinajstić information content (AvgIpc) is 3.36. The lowest BCUT2D eigenvalue weighted by molar-refractivity contribution is -0.195. The Morgan fingerprint density at radius 3 is 2.66 bits per heavy atom. The maximum Gasteiger partial charge on any atom is 0.229 e. The molecule has 8 unspecified atom stereocenters. The summed E-state index contributed by atoms with van der Waals surface area (Å²) in [5.41, 5.74) is -0.541. The number of amides is 2. The summed E-state index contributed by atoms with van der Waals surface area (Å²) in [4.78, 5) is 28.6. The zero-order chi connectivity index (χ0) is 24.4. The third kappa shape index (κ3) is 4.00. The molecule has 35 heavy (non-hydrogen) atoms. The Balaban J connectivity index is 1.04. The predicted octanol–water partition coefficient (Wildman–Crippen LogP) is 1.82. The molecule has 192 valence electrons. The van der Waals surface area contributed by atoms with Gasteiger partial charge >= 0.3 is 0 Å². The lowest BCUT2D eigenvalue weighted by atomic mass is 9.35. The number of rotatable bonds is 5. The Morgan fingerprint density at radius 1 is 1.17 bits per heavy atom. The minimum absolute atomic E-state index is 0.0374. The second-order valence-electron chi connectivity index (χ2n) is 12.3. The highest BCUT2D eigenvalue weighted by Gasteiger charge is 2.73. The summed E-state index contributed by atoms with van der Waals surface area (Å²) in [5, 5.41) is 20.0. The summed E-state index contributed by atoms with van der Waals surface area (Å²) in [6.07, 6.45) is 8.24. The van der Waals surface area contributed by atoms with E-state index in [2.05, 4.69) is 28.9 Å². The van der Waals surface area contributed by atoms with Crippen LogP contribution >= 0.6 is 11.8 Å². The number of methoxy groups -OCH3 is 1. The smallest absolute Gasteiger partial charge is 0.229 e. The van der Waals surface area contributed by atoms with Crippen LogP contribution in [0.25, 0.3) is 0 Å². The van der Waals surface area contributed by atoms with Crippen molar-refractivity contribution in [3.05, 3.63) is 0 Å². The highest BCUT2D eigenvalue weighted by molar-refractivity contribution is 8.00. The molecule has 8 nitrogen and oxygen atoms in total. The number of ether oxygens (including phenoxy) is 1. The topological polar surface area (TPSA) is 106 Å². The molecule has 8 atom stereocenters. The first-order chi connectivity index (χ1) is 16.9. The molecule has 9 heteroatoms. The molecule has 4 aliphatic carbocycles. The number of thioether (sulfide) groups is 1. The number of hydrogen-bond donors (Lipinski definition) is 3. The van der Waals surface area contributed by atoms with Gasteiger partial charge in [-0.05, 0) is 57.3 Å². The normalized spacial score (nSPS) is 48.3. The SMILES string of the molecule is COC1CCCCC1C1CC(C)NCC1C(=O)NC1NC2CN(C(=O)C34CC(C#N)(C3)C4)CC2S1. The van der Waals surface area contributed by atoms with E-state index in [0.29, 0.717) is 29.7 Å². The summed E-state index contributed by atoms with van der Waals surface area (Å²) >= 11 is 1.76. The maximum atomic E-state index is 13.5. The largest absolute Gasteiger partial charge is 0.381 e. The summed E-state index contributed by atoms with van der Waals surface area (Å²) in [5.74, 6) is 1.15. The number of nitriles is 1. The molecular weight excluding hydrogens is 462 g/mol. The van der Waals surface area contributed by atoms with Gasteiger partial charge in [-0.2, -0.15) is 5.26 Å². The van der Waals surface area contributed by atoms with E-state index in [1.807, 2.05) is 12.0 Å². The van der Waals surface area contributed by atoms with Crippen LogP contribution in [0.5, 0.6) is 0 Å². The Bertz CT molecular complexity index is 889. The van der Waals surface area contributed by atoms with Crippen molar-refractivity contribution in [3.8, 4) is 6.07 Å². The van der Waals surface area contributed by atoms with E-state index in [1.54, 1.807) is 11.8 Å². The van der Waals surface area contributed by atoms with Crippen molar-refractivity contribution >= 4 is 23.6 Å². The first-order valence-electron chi connectivity index (χ1n) is 13.5. The summed E-state index contributed by atoms with van der Waals surface area (Å²) in [6, 6.07) is 3.03. The van der Waals surface area contributed by atoms with Gasteiger partial charge in [-0.1, -0.05) is 12.8 Å². The van der Waals surface area contributed by atoms with E-state index >= 15 is 0 Å². The van der Waals surface area contributed by atoms with E-state index in [0.717, 1.165) is 51.6 Å². The quantitative estimate of drug-likeness (QED) is 0.528. The van der Waals surface area contributed by atoms with Crippen LogP contribution in [0.2, 0.25) is 0 Å². The summed E-state index contributed by atoms with van der Waals surface area (Å²) < 4.78 is 5.87. The molecule has 0 aromatic heterocycles. The molecular formula is C26H39N5O3S. The van der Waals surface area contributed by atoms with E-state index in [9.17, 15) is 14.9 Å². The molecule has 7 fully saturated rings. The molecule has 7 rings (SSSR count). The molecule has 3 heterocycles. The van der Waals surface area contributed by atoms with Crippen LogP contribution in [0.4, 0.5) is 0 Å². The van der Waals surface area contributed by atoms with Gasteiger partial charge in [0, 0.05) is 44.1 Å². The highest BCUT2D eigenvalue weighted by atomic mass is 32.2. The standard InChI is InChI=1S/C26H39N5O3S/c1-15-7-17(16-5-3-4-6-20(16)34-2)18(8-28-15)22(32)30-24-29-19-9-31(10-21(19)35-24)23(33)26-11-25(12-26,13-26)14-27/h15-21,24,28-29H,3-13H2,1-2H3,(H,30,32). The van der Waals surface area contributed by atoms with Crippen LogP contribution in [0, 0.1) is 39.9 Å². The molecule has 3 saturated heterocycles. The van der Waals surface area contributed by atoms with Crippen LogP contribution in [-0.2, 0) is 14.3 Å². The van der Waals surface area contributed by atoms with Gasteiger partial charge in [-0.25, -0.2) is 0 Å². The second-order valence-corrected chi connectivity index (χ2v) is 13.6. The highest BCUT2D eigenvalue weighted by Crippen LogP contribution is 2.73. The lowest BCUT2D eigenvalue weighted by Crippen LogP contribution is -2.67. The van der Waals surface area contributed by atoms with E-state index in [1.165, 1.54) is 12.8 Å². The number of nitrogens with zero attached hydrogens (tertiary/aromatic N) is 2. The molecule has 0 radical (unpaired) electrons. The minimum atomic E-state index is -0.244. The van der Waals surface area contributed by atoms with Crippen molar-refractivity contribution in [3.63, 3.8) is 0 Å². The fraction of sp³-hybridized carbons (Fsp3) is 0.885. The van der Waals surface area contributed by atoms with Crippen LogP contribution in [-0.4, -0.2) is 72.4 Å². The molecule has 7 aliphatic rings. The van der Waals surface area contributed by atoms with Crippen molar-refractivity contribution in [2.24, 2.45) is 28.6 Å². The summed E-state index contributed by atoms with van der Waals surface area (Å²) in [6.45, 7) is 4.38. The minimum Gasteiger partial charge on any atom is -0.381 e. The van der Waals surface area contributed by atoms with Crippen molar-refractivity contribution in [2.45, 2.75) is 87.2 Å². The number of carbonyl (C=O) groups excluding carboxylic acids is 2. The third-order valence-electron chi connectivity index (χ3n) is 10.00. The molecule has 0 aromatic rings. The van der Waals surface area contributed by atoms with E-state index in [-0.39, 0.29) is 46.2 Å². The van der Waals surface area contributed by atoms with Gasteiger partial charge in [-0.15, -0.1) is 11.8 Å². The molecule has 3 aliphatic heterocycles. The fourth-order valence-electron chi connectivity index (χ4n) is 8.23. The van der Waals surface area contributed by atoms with Crippen LogP contribution in [0.3, 0.4) is 0 Å². The second kappa shape index (κ2) is 8.90. The Kier molecular flexibility index (Phi) is 6.11. The van der Waals surface area contributed by atoms with Gasteiger partial charge in [-0.3, -0.25) is 14.9 Å². The van der Waals surface area contributed by atoms with Gasteiger partial charge < -0.3 is 20.3 Å². The lowest BCUT2D eigenvalue weighted by Gasteiger charge is -2.66. The van der Waals surface area contributed by atoms with Gasteiger partial charge in [0.25, 0.3) is 0 Å². The Morgan fingerprint density at radius 2 is 1.94 bits per heavy atom. The van der Waals surface area contributed by atoms with Crippen LogP contribution in [0.1, 0.15) is 58.3 Å². The van der Waals surface area contributed by atoms with E-state index in [4.69, 9.17) is 4.74 Å². The average molecular weight is 502 g/mol. The monoisotopic (exact) mass is 501 g/mol. The van der Waals surface area contributed by atoms with Crippen molar-refractivity contribution in [1.29, 1.82) is 5.26 Å². The number of nitrogens with one attached hydrogen (secondary N) is 3. The maximum absolute atomic E-state index is 13.5. The van der Waals surface area contributed by atoms with Crippen LogP contribution in [0.15, 0.2) is 0 Å². The fourth-order valence-corrected chi connectivity index (χ4v) is 9.64. The molecule has 0 spiro atoms. The van der Waals surface area contributed by atoms with Gasteiger partial charge in [0.15, 0.2) is 0 Å². The van der Waals surface area contributed by atoms with Crippen molar-refractivity contribution in [2.75, 3.05) is 26.7 Å². The zero-order valence-electron chi connectivity index (χ0n) is 20.9. The third-order valence-corrected chi connectivity index (χ3v) is 11.3. The zero-order valence-corrected chi connectivity index (χ0v) is 21.7. The van der Waals surface area contributed by atoms with Crippen molar-refractivity contribution < 1.29 is 14.3 Å². The van der Waals surface area contributed by atoms with E-state index < -0.39 is 0 Å². The molecule has 2 amide bonds.